The quantitative estimate of drug-likeness (QED) is 0.602. The maximum atomic E-state index is 12.8. The molecule has 0 bridgehead atoms. The number of carbonyl (C=O) groups is 2. The van der Waals surface area contributed by atoms with E-state index in [1.807, 2.05) is 36.4 Å². The molecule has 1 saturated heterocycles. The lowest BCUT2D eigenvalue weighted by atomic mass is 10.1. The van der Waals surface area contributed by atoms with E-state index < -0.39 is 0 Å². The molecule has 0 saturated carbocycles. The van der Waals surface area contributed by atoms with Crippen LogP contribution in [0, 0.1) is 0 Å². The van der Waals surface area contributed by atoms with Crippen LogP contribution in [0.25, 0.3) is 0 Å². The predicted octanol–water partition coefficient (Wildman–Crippen LogP) is 3.10. The van der Waals surface area contributed by atoms with Gasteiger partial charge in [0.25, 0.3) is 11.8 Å². The van der Waals surface area contributed by atoms with Crippen molar-refractivity contribution in [1.29, 1.82) is 0 Å². The van der Waals surface area contributed by atoms with Crippen LogP contribution in [0.15, 0.2) is 73.1 Å². The van der Waals surface area contributed by atoms with Gasteiger partial charge in [0, 0.05) is 44.1 Å². The number of ether oxygens (including phenoxy) is 1. The Hall–Kier alpha value is -3.55. The predicted molar refractivity (Wildman–Crippen MR) is 122 cm³/mol. The van der Waals surface area contributed by atoms with Crippen molar-refractivity contribution in [3.63, 3.8) is 0 Å². The first-order valence-electron chi connectivity index (χ1n) is 10.7. The number of nitrogens with zero attached hydrogens (tertiary/aromatic N) is 2. The minimum Gasteiger partial charge on any atom is -0.379 e. The number of rotatable bonds is 7. The van der Waals surface area contributed by atoms with Crippen molar-refractivity contribution in [2.75, 3.05) is 31.6 Å². The maximum Gasteiger partial charge on any atom is 0.255 e. The van der Waals surface area contributed by atoms with E-state index in [-0.39, 0.29) is 11.8 Å². The summed E-state index contributed by atoms with van der Waals surface area (Å²) in [6.07, 6.45) is 3.39. The second kappa shape index (κ2) is 10.7. The number of carbonyl (C=O) groups excluding carboxylic acids is 2. The third-order valence-corrected chi connectivity index (χ3v) is 5.32. The largest absolute Gasteiger partial charge is 0.379 e. The summed E-state index contributed by atoms with van der Waals surface area (Å²) < 4.78 is 5.38. The normalized spacial score (nSPS) is 14.0. The number of hydrogen-bond donors (Lipinski definition) is 2. The molecular weight excluding hydrogens is 404 g/mol. The van der Waals surface area contributed by atoms with Gasteiger partial charge in [-0.3, -0.25) is 19.5 Å². The molecule has 7 heteroatoms. The van der Waals surface area contributed by atoms with Crippen LogP contribution in [-0.4, -0.2) is 48.0 Å². The third kappa shape index (κ3) is 5.78. The van der Waals surface area contributed by atoms with Crippen molar-refractivity contribution in [2.24, 2.45) is 0 Å². The molecule has 0 atom stereocenters. The van der Waals surface area contributed by atoms with Crippen molar-refractivity contribution in [3.8, 4) is 0 Å². The lowest BCUT2D eigenvalue weighted by molar-refractivity contribution is 0.0342. The number of pyridine rings is 1. The van der Waals surface area contributed by atoms with E-state index in [0.29, 0.717) is 23.4 Å². The molecule has 32 heavy (non-hydrogen) atoms. The summed E-state index contributed by atoms with van der Waals surface area (Å²) in [4.78, 5) is 31.9. The van der Waals surface area contributed by atoms with Gasteiger partial charge in [0.15, 0.2) is 0 Å². The Kier molecular flexibility index (Phi) is 7.22. The molecular formula is C25H26N4O3. The number of benzene rings is 2. The fraction of sp³-hybridized carbons (Fsp3) is 0.240. The van der Waals surface area contributed by atoms with Gasteiger partial charge in [-0.2, -0.15) is 0 Å². The second-order valence-corrected chi connectivity index (χ2v) is 7.63. The molecule has 0 spiro atoms. The zero-order valence-electron chi connectivity index (χ0n) is 17.8. The summed E-state index contributed by atoms with van der Waals surface area (Å²) in [5, 5.41) is 5.74. The average molecular weight is 431 g/mol. The molecule has 2 aromatic carbocycles. The summed E-state index contributed by atoms with van der Waals surface area (Å²) >= 11 is 0. The van der Waals surface area contributed by atoms with Gasteiger partial charge in [-0.15, -0.1) is 0 Å². The molecule has 2 heterocycles. The SMILES string of the molecule is O=C(Nc1ccccc1C(=O)NCc1cccnc1)c1ccc(CN2CCOCC2)cc1. The molecule has 4 rings (SSSR count). The maximum absolute atomic E-state index is 12.8. The summed E-state index contributed by atoms with van der Waals surface area (Å²) in [5.41, 5.74) is 3.48. The average Bonchev–Trinajstić information content (AvgIpc) is 2.84. The molecule has 7 nitrogen and oxygen atoms in total. The Bertz CT molecular complexity index is 1050. The summed E-state index contributed by atoms with van der Waals surface area (Å²) in [6, 6.07) is 18.3. The van der Waals surface area contributed by atoms with Crippen molar-refractivity contribution < 1.29 is 14.3 Å². The molecule has 0 radical (unpaired) electrons. The Balaban J connectivity index is 1.38. The van der Waals surface area contributed by atoms with Crippen molar-refractivity contribution in [1.82, 2.24) is 15.2 Å². The van der Waals surface area contributed by atoms with E-state index in [9.17, 15) is 9.59 Å². The molecule has 3 aromatic rings. The Labute approximate surface area is 187 Å². The van der Waals surface area contributed by atoms with Gasteiger partial charge in [0.1, 0.15) is 0 Å². The standard InChI is InChI=1S/C25H26N4O3/c30-24(21-9-7-19(8-10-21)18-29-12-14-32-15-13-29)28-23-6-2-1-5-22(23)25(31)27-17-20-4-3-11-26-16-20/h1-11,16H,12-15,17-18H2,(H,27,31)(H,28,30). The van der Waals surface area contributed by atoms with Gasteiger partial charge in [0.05, 0.1) is 24.5 Å². The Morgan fingerprint density at radius 3 is 2.44 bits per heavy atom. The van der Waals surface area contributed by atoms with E-state index in [1.54, 1.807) is 36.7 Å². The monoisotopic (exact) mass is 430 g/mol. The van der Waals surface area contributed by atoms with Crippen molar-refractivity contribution in [3.05, 3.63) is 95.3 Å². The van der Waals surface area contributed by atoms with E-state index in [4.69, 9.17) is 4.74 Å². The lowest BCUT2D eigenvalue weighted by Crippen LogP contribution is -2.35. The first kappa shape index (κ1) is 21.7. The van der Waals surface area contributed by atoms with Crippen molar-refractivity contribution in [2.45, 2.75) is 13.1 Å². The molecule has 1 aliphatic heterocycles. The molecule has 0 aliphatic carbocycles. The van der Waals surface area contributed by atoms with E-state index in [2.05, 4.69) is 20.5 Å². The molecule has 2 amide bonds. The van der Waals surface area contributed by atoms with Gasteiger partial charge in [-0.1, -0.05) is 30.3 Å². The number of hydrogen-bond acceptors (Lipinski definition) is 5. The fourth-order valence-electron chi connectivity index (χ4n) is 3.54. The van der Waals surface area contributed by atoms with Gasteiger partial charge < -0.3 is 15.4 Å². The van der Waals surface area contributed by atoms with E-state index in [1.165, 1.54) is 0 Å². The van der Waals surface area contributed by atoms with Crippen molar-refractivity contribution >= 4 is 17.5 Å². The van der Waals surface area contributed by atoms with Crippen LogP contribution in [0.2, 0.25) is 0 Å². The molecule has 1 aliphatic rings. The number of nitrogens with one attached hydrogen (secondary N) is 2. The number of aromatic nitrogens is 1. The zero-order valence-corrected chi connectivity index (χ0v) is 17.8. The number of para-hydroxylation sites is 1. The zero-order chi connectivity index (χ0) is 22.2. The number of morpholine rings is 1. The highest BCUT2D eigenvalue weighted by atomic mass is 16.5. The molecule has 1 fully saturated rings. The number of anilines is 1. The van der Waals surface area contributed by atoms with Crippen LogP contribution in [0.4, 0.5) is 5.69 Å². The minimum absolute atomic E-state index is 0.254. The molecule has 0 unspecified atom stereocenters. The summed E-state index contributed by atoms with van der Waals surface area (Å²) in [7, 11) is 0. The molecule has 2 N–H and O–H groups in total. The van der Waals surface area contributed by atoms with Gasteiger partial charge in [-0.05, 0) is 41.5 Å². The van der Waals surface area contributed by atoms with Crippen LogP contribution in [0.1, 0.15) is 31.8 Å². The Morgan fingerprint density at radius 1 is 0.906 bits per heavy atom. The Morgan fingerprint density at radius 2 is 1.69 bits per heavy atom. The van der Waals surface area contributed by atoms with Gasteiger partial charge in [-0.25, -0.2) is 0 Å². The van der Waals surface area contributed by atoms with Crippen LogP contribution in [-0.2, 0) is 17.8 Å². The summed E-state index contributed by atoms with van der Waals surface area (Å²) in [6.45, 7) is 4.56. The van der Waals surface area contributed by atoms with Crippen LogP contribution < -0.4 is 10.6 Å². The second-order valence-electron chi connectivity index (χ2n) is 7.63. The van der Waals surface area contributed by atoms with Crippen LogP contribution in [0.3, 0.4) is 0 Å². The minimum atomic E-state index is -0.259. The molecule has 1 aromatic heterocycles. The third-order valence-electron chi connectivity index (χ3n) is 5.32. The van der Waals surface area contributed by atoms with E-state index >= 15 is 0 Å². The van der Waals surface area contributed by atoms with Gasteiger partial charge in [0.2, 0.25) is 0 Å². The molecule has 164 valence electrons. The van der Waals surface area contributed by atoms with Gasteiger partial charge >= 0.3 is 0 Å². The highest BCUT2D eigenvalue weighted by Gasteiger charge is 2.15. The van der Waals surface area contributed by atoms with Crippen LogP contribution >= 0.6 is 0 Å². The van der Waals surface area contributed by atoms with Crippen LogP contribution in [0.5, 0.6) is 0 Å². The smallest absolute Gasteiger partial charge is 0.255 e. The van der Waals surface area contributed by atoms with E-state index in [0.717, 1.165) is 44.0 Å². The lowest BCUT2D eigenvalue weighted by Gasteiger charge is -2.26. The topological polar surface area (TPSA) is 83.6 Å². The highest BCUT2D eigenvalue weighted by molar-refractivity contribution is 6.09. The number of amides is 2. The fourth-order valence-corrected chi connectivity index (χ4v) is 3.54. The highest BCUT2D eigenvalue weighted by Crippen LogP contribution is 2.17. The first-order valence-corrected chi connectivity index (χ1v) is 10.7. The first-order chi connectivity index (χ1) is 15.7. The summed E-state index contributed by atoms with van der Waals surface area (Å²) in [5.74, 6) is -0.513.